The van der Waals surface area contributed by atoms with Crippen molar-refractivity contribution in [2.45, 2.75) is 30.6 Å². The van der Waals surface area contributed by atoms with Crippen LogP contribution < -0.4 is 0 Å². The second-order valence-electron chi connectivity index (χ2n) is 3.84. The lowest BCUT2D eigenvalue weighted by molar-refractivity contribution is 0.393. The van der Waals surface area contributed by atoms with Crippen molar-refractivity contribution in [1.82, 2.24) is 0 Å². The van der Waals surface area contributed by atoms with E-state index in [4.69, 9.17) is 0 Å². The lowest BCUT2D eigenvalue weighted by Gasteiger charge is -2.24. The van der Waals surface area contributed by atoms with Gasteiger partial charge in [-0.25, -0.2) is 0 Å². The zero-order valence-corrected chi connectivity index (χ0v) is 10.8. The van der Waals surface area contributed by atoms with Crippen molar-refractivity contribution in [3.8, 4) is 0 Å². The summed E-state index contributed by atoms with van der Waals surface area (Å²) in [7, 11) is 0. The molecule has 0 heterocycles. The minimum atomic E-state index is 0.608. The van der Waals surface area contributed by atoms with Crippen LogP contribution >= 0.6 is 45.2 Å². The molecule has 0 spiro atoms. The van der Waals surface area contributed by atoms with Gasteiger partial charge in [-0.2, -0.15) is 0 Å². The van der Waals surface area contributed by atoms with Gasteiger partial charge in [0.2, 0.25) is 0 Å². The second-order valence-corrected chi connectivity index (χ2v) is 6.07. The molecule has 0 aromatic rings. The Morgan fingerprint density at radius 3 is 2.30 bits per heavy atom. The van der Waals surface area contributed by atoms with E-state index < -0.39 is 0 Å². The third-order valence-corrected chi connectivity index (χ3v) is 6.35. The van der Waals surface area contributed by atoms with E-state index in [9.17, 15) is 0 Å². The highest BCUT2D eigenvalue weighted by Gasteiger charge is 2.39. The van der Waals surface area contributed by atoms with Crippen LogP contribution in [0, 0.1) is 11.3 Å². The van der Waals surface area contributed by atoms with E-state index >= 15 is 0 Å². The van der Waals surface area contributed by atoms with Crippen molar-refractivity contribution in [2.24, 2.45) is 11.3 Å². The molecule has 0 amide bonds. The maximum Gasteiger partial charge on any atom is 0.0196 e. The summed E-state index contributed by atoms with van der Waals surface area (Å²) < 4.78 is 2.25. The summed E-state index contributed by atoms with van der Waals surface area (Å²) in [5.74, 6) is 0.983. The van der Waals surface area contributed by atoms with Gasteiger partial charge in [-0.3, -0.25) is 0 Å². The summed E-state index contributed by atoms with van der Waals surface area (Å²) in [6.07, 6.45) is 2.87. The number of hydrogen-bond donors (Lipinski definition) is 0. The first-order valence-electron chi connectivity index (χ1n) is 3.78. The van der Waals surface area contributed by atoms with Gasteiger partial charge in [0.25, 0.3) is 0 Å². The molecule has 1 rings (SSSR count). The summed E-state index contributed by atoms with van der Waals surface area (Å²) in [4.78, 5) is 0. The first kappa shape index (κ1) is 9.55. The Kier molecular flexibility index (Phi) is 3.30. The van der Waals surface area contributed by atoms with Gasteiger partial charge in [-0.15, -0.1) is 0 Å². The molecule has 0 aliphatic heterocycles. The molecule has 2 heteroatoms. The Labute approximate surface area is 90.8 Å². The average molecular weight is 364 g/mol. The van der Waals surface area contributed by atoms with E-state index in [0.717, 1.165) is 9.84 Å². The van der Waals surface area contributed by atoms with E-state index in [2.05, 4.69) is 59.0 Å². The van der Waals surface area contributed by atoms with Crippen LogP contribution in [-0.4, -0.2) is 8.35 Å². The molecule has 0 unspecified atom stereocenters. The molecule has 1 aliphatic rings. The fraction of sp³-hybridized carbons (Fsp3) is 1.00. The third-order valence-electron chi connectivity index (χ3n) is 2.52. The van der Waals surface area contributed by atoms with Crippen molar-refractivity contribution in [3.05, 3.63) is 0 Å². The van der Waals surface area contributed by atoms with Gasteiger partial charge in [0, 0.05) is 8.35 Å². The normalized spacial score (nSPS) is 38.4. The molecule has 0 N–H and O–H groups in total. The van der Waals surface area contributed by atoms with Crippen LogP contribution in [0.15, 0.2) is 0 Å². The molecule has 0 saturated heterocycles. The Morgan fingerprint density at radius 2 is 2.10 bits per heavy atom. The predicted molar refractivity (Wildman–Crippen MR) is 63.2 cm³/mol. The van der Waals surface area contributed by atoms with Gasteiger partial charge in [-0.05, 0) is 24.2 Å². The Balaban J connectivity index is 2.58. The van der Waals surface area contributed by atoms with Gasteiger partial charge in [0.1, 0.15) is 0 Å². The number of alkyl halides is 2. The monoisotopic (exact) mass is 364 g/mol. The van der Waals surface area contributed by atoms with Crippen LogP contribution in [-0.2, 0) is 0 Å². The summed E-state index contributed by atoms with van der Waals surface area (Å²) in [6, 6.07) is 0. The lowest BCUT2D eigenvalue weighted by atomic mass is 9.91. The number of halogens is 2. The molecule has 1 saturated carbocycles. The molecule has 0 nitrogen and oxygen atoms in total. The molecule has 0 aromatic carbocycles. The maximum absolute atomic E-state index is 2.63. The van der Waals surface area contributed by atoms with Gasteiger partial charge in [0.05, 0.1) is 0 Å². The van der Waals surface area contributed by atoms with Crippen molar-refractivity contribution in [3.63, 3.8) is 0 Å². The van der Waals surface area contributed by atoms with Crippen LogP contribution in [0.5, 0.6) is 0 Å². The molecule has 1 fully saturated rings. The van der Waals surface area contributed by atoms with Crippen LogP contribution in [0.1, 0.15) is 26.7 Å². The van der Waals surface area contributed by atoms with E-state index in [1.807, 2.05) is 0 Å². The molecule has 60 valence electrons. The Bertz CT molecular complexity index is 120. The number of hydrogen-bond acceptors (Lipinski definition) is 0. The zero-order chi connectivity index (χ0) is 7.78. The molecule has 10 heavy (non-hydrogen) atoms. The fourth-order valence-corrected chi connectivity index (χ4v) is 4.48. The second kappa shape index (κ2) is 3.46. The predicted octanol–water partition coefficient (Wildman–Crippen LogP) is 3.66. The van der Waals surface area contributed by atoms with Gasteiger partial charge in [0.15, 0.2) is 0 Å². The number of rotatable bonds is 1. The van der Waals surface area contributed by atoms with Crippen molar-refractivity contribution in [2.75, 3.05) is 4.43 Å². The average Bonchev–Trinajstić information content (AvgIpc) is 2.10. The quantitative estimate of drug-likeness (QED) is 0.492. The molecule has 0 radical (unpaired) electrons. The standard InChI is InChI=1S/C8H14I2/c1-8(2)4-3-6(5-9)7(8)10/h6-7H,3-5H2,1-2H3/t6-,7+/m1/s1. The summed E-state index contributed by atoms with van der Waals surface area (Å²) in [6.45, 7) is 4.80. The third kappa shape index (κ3) is 1.79. The maximum atomic E-state index is 2.63. The first-order chi connectivity index (χ1) is 4.58. The van der Waals surface area contributed by atoms with Crippen molar-refractivity contribution >= 4 is 45.2 Å². The summed E-state index contributed by atoms with van der Waals surface area (Å²) in [5, 5.41) is 0. The molecular weight excluding hydrogens is 350 g/mol. The topological polar surface area (TPSA) is 0 Å². The highest BCUT2D eigenvalue weighted by molar-refractivity contribution is 14.1. The van der Waals surface area contributed by atoms with Crippen LogP contribution in [0.4, 0.5) is 0 Å². The van der Waals surface area contributed by atoms with Crippen LogP contribution in [0.3, 0.4) is 0 Å². The molecular formula is C8H14I2. The van der Waals surface area contributed by atoms with E-state index in [0.29, 0.717) is 5.41 Å². The van der Waals surface area contributed by atoms with Gasteiger partial charge >= 0.3 is 0 Å². The Hall–Kier alpha value is 1.46. The largest absolute Gasteiger partial charge is 0.0860 e. The van der Waals surface area contributed by atoms with Crippen LogP contribution in [0.25, 0.3) is 0 Å². The summed E-state index contributed by atoms with van der Waals surface area (Å²) in [5.41, 5.74) is 0.608. The fourth-order valence-electron chi connectivity index (χ4n) is 1.64. The molecule has 0 aromatic heterocycles. The van der Waals surface area contributed by atoms with Crippen LogP contribution in [0.2, 0.25) is 0 Å². The van der Waals surface area contributed by atoms with Gasteiger partial charge in [-0.1, -0.05) is 59.0 Å². The van der Waals surface area contributed by atoms with Gasteiger partial charge < -0.3 is 0 Å². The summed E-state index contributed by atoms with van der Waals surface area (Å²) >= 11 is 5.15. The van der Waals surface area contributed by atoms with Crippen molar-refractivity contribution < 1.29 is 0 Å². The highest BCUT2D eigenvalue weighted by Crippen LogP contribution is 2.46. The minimum absolute atomic E-state index is 0.608. The minimum Gasteiger partial charge on any atom is -0.0860 e. The Morgan fingerprint density at radius 1 is 1.50 bits per heavy atom. The van der Waals surface area contributed by atoms with E-state index in [1.54, 1.807) is 0 Å². The highest BCUT2D eigenvalue weighted by atomic mass is 127. The SMILES string of the molecule is CC1(C)CC[C@H](CI)[C@@H]1I. The molecule has 1 aliphatic carbocycles. The smallest absolute Gasteiger partial charge is 0.0196 e. The lowest BCUT2D eigenvalue weighted by Crippen LogP contribution is -2.22. The molecule has 0 bridgehead atoms. The van der Waals surface area contributed by atoms with E-state index in [-0.39, 0.29) is 0 Å². The molecule has 2 atom stereocenters. The van der Waals surface area contributed by atoms with E-state index in [1.165, 1.54) is 17.3 Å². The van der Waals surface area contributed by atoms with Crippen molar-refractivity contribution in [1.29, 1.82) is 0 Å². The zero-order valence-electron chi connectivity index (χ0n) is 6.53. The first-order valence-corrected chi connectivity index (χ1v) is 6.55.